The molecule has 0 aliphatic rings. The molecule has 3 aromatic carbocycles. The first-order valence-electron chi connectivity index (χ1n) is 7.34. The summed E-state index contributed by atoms with van der Waals surface area (Å²) in [6.45, 7) is 0. The summed E-state index contributed by atoms with van der Waals surface area (Å²) in [5.74, 6) is 0.312. The van der Waals surface area contributed by atoms with Crippen molar-refractivity contribution >= 4 is 27.4 Å². The van der Waals surface area contributed by atoms with Crippen LogP contribution in [-0.4, -0.2) is 4.92 Å². The third kappa shape index (κ3) is 2.23. The van der Waals surface area contributed by atoms with Crippen molar-refractivity contribution in [1.82, 2.24) is 0 Å². The van der Waals surface area contributed by atoms with Gasteiger partial charge in [-0.25, -0.2) is 0 Å². The van der Waals surface area contributed by atoms with Gasteiger partial charge in [0.2, 0.25) is 0 Å². The molecule has 4 aromatic rings. The molecule has 0 N–H and O–H groups in total. The van der Waals surface area contributed by atoms with Crippen LogP contribution in [0.4, 0.5) is 5.69 Å². The number of nitro groups is 1. The highest BCUT2D eigenvalue weighted by molar-refractivity contribution is 6.05. The van der Waals surface area contributed by atoms with E-state index >= 15 is 0 Å². The molecule has 0 radical (unpaired) electrons. The first-order valence-corrected chi connectivity index (χ1v) is 7.34. The van der Waals surface area contributed by atoms with Gasteiger partial charge in [-0.2, -0.15) is 0 Å². The van der Waals surface area contributed by atoms with E-state index in [0.717, 1.165) is 10.8 Å². The molecular formula is C19H11NO4. The van der Waals surface area contributed by atoms with Crippen LogP contribution in [-0.2, 0) is 0 Å². The number of hydrogen-bond donors (Lipinski definition) is 0. The highest BCUT2D eigenvalue weighted by atomic mass is 16.6. The van der Waals surface area contributed by atoms with Gasteiger partial charge in [-0.15, -0.1) is 0 Å². The molecule has 0 saturated carbocycles. The lowest BCUT2D eigenvalue weighted by Gasteiger charge is -2.06. The van der Waals surface area contributed by atoms with Gasteiger partial charge in [0.1, 0.15) is 11.3 Å². The van der Waals surface area contributed by atoms with Crippen molar-refractivity contribution < 1.29 is 9.34 Å². The fourth-order valence-corrected chi connectivity index (χ4v) is 2.84. The highest BCUT2D eigenvalue weighted by Crippen LogP contribution is 2.28. The van der Waals surface area contributed by atoms with E-state index in [4.69, 9.17) is 4.42 Å². The predicted octanol–water partition coefficient (Wildman–Crippen LogP) is 4.52. The van der Waals surface area contributed by atoms with Gasteiger partial charge < -0.3 is 4.42 Å². The molecule has 0 atom stereocenters. The van der Waals surface area contributed by atoms with E-state index in [-0.39, 0.29) is 11.1 Å². The fourth-order valence-electron chi connectivity index (χ4n) is 2.84. The maximum atomic E-state index is 12.6. The molecule has 0 aliphatic carbocycles. The molecule has 5 heteroatoms. The lowest BCUT2D eigenvalue weighted by molar-refractivity contribution is -0.384. The van der Waals surface area contributed by atoms with E-state index in [1.807, 2.05) is 30.3 Å². The number of hydrogen-bond acceptors (Lipinski definition) is 4. The lowest BCUT2D eigenvalue weighted by atomic mass is 10.0. The quantitative estimate of drug-likeness (QED) is 0.309. The van der Waals surface area contributed by atoms with Crippen molar-refractivity contribution in [3.8, 4) is 11.3 Å². The molecule has 0 spiro atoms. The van der Waals surface area contributed by atoms with Crippen LogP contribution in [0.25, 0.3) is 33.1 Å². The number of benzene rings is 3. The van der Waals surface area contributed by atoms with Crippen molar-refractivity contribution in [3.05, 3.63) is 87.1 Å². The molecule has 1 heterocycles. The van der Waals surface area contributed by atoms with Gasteiger partial charge in [0.15, 0.2) is 5.43 Å². The number of nitro benzene ring substituents is 1. The molecule has 0 unspecified atom stereocenters. The van der Waals surface area contributed by atoms with Crippen LogP contribution in [0.15, 0.2) is 75.9 Å². The second-order valence-electron chi connectivity index (χ2n) is 5.44. The molecule has 0 fully saturated rings. The van der Waals surface area contributed by atoms with Crippen molar-refractivity contribution in [3.63, 3.8) is 0 Å². The maximum Gasteiger partial charge on any atom is 0.270 e. The third-order valence-electron chi connectivity index (χ3n) is 3.96. The van der Waals surface area contributed by atoms with Crippen molar-refractivity contribution in [1.29, 1.82) is 0 Å². The zero-order valence-corrected chi connectivity index (χ0v) is 12.4. The Kier molecular flexibility index (Phi) is 3.13. The molecule has 116 valence electrons. The largest absolute Gasteiger partial charge is 0.456 e. The van der Waals surface area contributed by atoms with Crippen molar-refractivity contribution in [2.75, 3.05) is 0 Å². The minimum atomic E-state index is -0.476. The summed E-state index contributed by atoms with van der Waals surface area (Å²) >= 11 is 0. The first-order chi connectivity index (χ1) is 11.6. The Morgan fingerprint density at radius 3 is 2.58 bits per heavy atom. The zero-order valence-electron chi connectivity index (χ0n) is 12.4. The summed E-state index contributed by atoms with van der Waals surface area (Å²) in [4.78, 5) is 23.1. The standard InChI is InChI=1S/C19H11NO4/c21-16-11-18(13-5-3-6-14(10-13)20(22)23)24-17-9-8-12-4-1-2-7-15(12)19(16)17/h1-11H. The van der Waals surface area contributed by atoms with E-state index in [1.165, 1.54) is 18.2 Å². The minimum Gasteiger partial charge on any atom is -0.456 e. The molecule has 4 rings (SSSR count). The second-order valence-corrected chi connectivity index (χ2v) is 5.44. The van der Waals surface area contributed by atoms with Crippen molar-refractivity contribution in [2.24, 2.45) is 0 Å². The van der Waals surface area contributed by atoms with Crippen LogP contribution in [0, 0.1) is 10.1 Å². The Balaban J connectivity index is 1.99. The molecule has 0 bridgehead atoms. The number of rotatable bonds is 2. The Morgan fingerprint density at radius 1 is 0.917 bits per heavy atom. The van der Waals surface area contributed by atoms with Crippen LogP contribution in [0.3, 0.4) is 0 Å². The molecule has 5 nitrogen and oxygen atoms in total. The molecular weight excluding hydrogens is 306 g/mol. The first kappa shape index (κ1) is 14.1. The van der Waals surface area contributed by atoms with E-state index < -0.39 is 4.92 Å². The topological polar surface area (TPSA) is 73.3 Å². The predicted molar refractivity (Wildman–Crippen MR) is 92.1 cm³/mol. The maximum absolute atomic E-state index is 12.6. The van der Waals surface area contributed by atoms with Crippen LogP contribution in [0.5, 0.6) is 0 Å². The van der Waals surface area contributed by atoms with Crippen LogP contribution in [0.1, 0.15) is 0 Å². The van der Waals surface area contributed by atoms with Gasteiger partial charge in [-0.3, -0.25) is 14.9 Å². The third-order valence-corrected chi connectivity index (χ3v) is 3.96. The molecule has 0 saturated heterocycles. The summed E-state index contributed by atoms with van der Waals surface area (Å²) in [5, 5.41) is 13.2. The van der Waals surface area contributed by atoms with Gasteiger partial charge in [-0.05, 0) is 16.8 Å². The zero-order chi connectivity index (χ0) is 16.7. The smallest absolute Gasteiger partial charge is 0.270 e. The van der Waals surface area contributed by atoms with Crippen LogP contribution in [0.2, 0.25) is 0 Å². The summed E-state index contributed by atoms with van der Waals surface area (Å²) in [6, 6.07) is 18.6. The molecule has 0 amide bonds. The Labute approximate surface area is 135 Å². The average Bonchev–Trinajstić information content (AvgIpc) is 2.61. The van der Waals surface area contributed by atoms with Crippen LogP contribution >= 0.6 is 0 Å². The van der Waals surface area contributed by atoms with E-state index in [0.29, 0.717) is 22.3 Å². The monoisotopic (exact) mass is 317 g/mol. The Hall–Kier alpha value is -3.47. The number of fused-ring (bicyclic) bond motifs is 3. The van der Waals surface area contributed by atoms with Crippen LogP contribution < -0.4 is 5.43 Å². The summed E-state index contributed by atoms with van der Waals surface area (Å²) in [5.41, 5.74) is 0.738. The normalized spacial score (nSPS) is 11.0. The fraction of sp³-hybridized carbons (Fsp3) is 0. The summed E-state index contributed by atoms with van der Waals surface area (Å²) in [7, 11) is 0. The summed E-state index contributed by atoms with van der Waals surface area (Å²) in [6.07, 6.45) is 0. The highest BCUT2D eigenvalue weighted by Gasteiger charge is 2.12. The van der Waals surface area contributed by atoms with Crippen molar-refractivity contribution in [2.45, 2.75) is 0 Å². The van der Waals surface area contributed by atoms with Gasteiger partial charge in [-0.1, -0.05) is 42.5 Å². The van der Waals surface area contributed by atoms with Gasteiger partial charge in [0.05, 0.1) is 10.3 Å². The van der Waals surface area contributed by atoms with Gasteiger partial charge in [0.25, 0.3) is 5.69 Å². The van der Waals surface area contributed by atoms with Gasteiger partial charge >= 0.3 is 0 Å². The second kappa shape index (κ2) is 5.31. The average molecular weight is 317 g/mol. The number of nitrogens with zero attached hydrogens (tertiary/aromatic N) is 1. The Bertz CT molecular complexity index is 1160. The number of non-ortho nitro benzene ring substituents is 1. The van der Waals surface area contributed by atoms with E-state index in [1.54, 1.807) is 18.2 Å². The van der Waals surface area contributed by atoms with E-state index in [9.17, 15) is 14.9 Å². The molecule has 1 aromatic heterocycles. The SMILES string of the molecule is O=c1cc(-c2cccc([N+](=O)[O-])c2)oc2ccc3ccccc3c12. The van der Waals surface area contributed by atoms with E-state index in [2.05, 4.69) is 0 Å². The Morgan fingerprint density at radius 2 is 1.75 bits per heavy atom. The minimum absolute atomic E-state index is 0.0474. The molecule has 24 heavy (non-hydrogen) atoms. The lowest BCUT2D eigenvalue weighted by Crippen LogP contribution is -2.01. The van der Waals surface area contributed by atoms with Gasteiger partial charge in [0, 0.05) is 23.8 Å². The summed E-state index contributed by atoms with van der Waals surface area (Å²) < 4.78 is 5.85. The molecule has 0 aliphatic heterocycles.